The molecule has 2 aromatic rings. The Labute approximate surface area is 128 Å². The predicted molar refractivity (Wildman–Crippen MR) is 82.5 cm³/mol. The van der Waals surface area contributed by atoms with Crippen molar-refractivity contribution >= 4 is 11.9 Å². The average Bonchev–Trinajstić information content (AvgIpc) is 3.34. The molecule has 0 unspecified atom stereocenters. The van der Waals surface area contributed by atoms with E-state index in [0.717, 1.165) is 12.0 Å². The number of benzene rings is 2. The number of carboxylic acid groups (broad SMARTS) is 1. The van der Waals surface area contributed by atoms with Crippen molar-refractivity contribution in [1.82, 2.24) is 5.32 Å². The fraction of sp³-hybridized carbons (Fsp3) is 0.222. The van der Waals surface area contributed by atoms with Crippen LogP contribution < -0.4 is 5.32 Å². The molecule has 0 radical (unpaired) electrons. The topological polar surface area (TPSA) is 66.4 Å². The largest absolute Gasteiger partial charge is 0.478 e. The third-order valence-electron chi connectivity index (χ3n) is 4.00. The molecule has 2 N–H and O–H groups in total. The second-order valence-electron chi connectivity index (χ2n) is 5.58. The molecule has 1 aliphatic rings. The van der Waals surface area contributed by atoms with Crippen molar-refractivity contribution in [2.45, 2.75) is 18.9 Å². The van der Waals surface area contributed by atoms with Gasteiger partial charge in [0.15, 0.2) is 0 Å². The SMILES string of the molecule is O=C(O)c1cccc(CNC(=O)[C@@H]2C[C@@H]2c2ccccc2)c1. The van der Waals surface area contributed by atoms with Gasteiger partial charge in [0.1, 0.15) is 0 Å². The molecule has 0 spiro atoms. The summed E-state index contributed by atoms with van der Waals surface area (Å²) in [6, 6.07) is 16.7. The van der Waals surface area contributed by atoms with Crippen LogP contribution in [-0.4, -0.2) is 17.0 Å². The molecule has 112 valence electrons. The van der Waals surface area contributed by atoms with Crippen LogP contribution in [0.3, 0.4) is 0 Å². The summed E-state index contributed by atoms with van der Waals surface area (Å²) in [5.41, 5.74) is 2.24. The number of rotatable bonds is 5. The Morgan fingerprint density at radius 2 is 1.86 bits per heavy atom. The Balaban J connectivity index is 1.56. The van der Waals surface area contributed by atoms with Crippen molar-refractivity contribution in [1.29, 1.82) is 0 Å². The van der Waals surface area contributed by atoms with Crippen LogP contribution in [0.5, 0.6) is 0 Å². The molecule has 3 rings (SSSR count). The lowest BCUT2D eigenvalue weighted by molar-refractivity contribution is -0.122. The highest BCUT2D eigenvalue weighted by molar-refractivity contribution is 5.87. The van der Waals surface area contributed by atoms with E-state index in [-0.39, 0.29) is 17.4 Å². The molecule has 2 aromatic carbocycles. The number of nitrogens with one attached hydrogen (secondary N) is 1. The zero-order valence-corrected chi connectivity index (χ0v) is 12.0. The van der Waals surface area contributed by atoms with Crippen molar-refractivity contribution in [3.8, 4) is 0 Å². The lowest BCUT2D eigenvalue weighted by atomic mass is 10.1. The van der Waals surface area contributed by atoms with Gasteiger partial charge >= 0.3 is 5.97 Å². The number of hydrogen-bond acceptors (Lipinski definition) is 2. The van der Waals surface area contributed by atoms with Gasteiger partial charge in [0, 0.05) is 12.5 Å². The smallest absolute Gasteiger partial charge is 0.335 e. The summed E-state index contributed by atoms with van der Waals surface area (Å²) in [5, 5.41) is 11.9. The molecule has 22 heavy (non-hydrogen) atoms. The van der Waals surface area contributed by atoms with Gasteiger partial charge in [-0.2, -0.15) is 0 Å². The Kier molecular flexibility index (Phi) is 3.92. The molecule has 0 bridgehead atoms. The van der Waals surface area contributed by atoms with Crippen LogP contribution in [0.25, 0.3) is 0 Å². The van der Waals surface area contributed by atoms with E-state index in [9.17, 15) is 9.59 Å². The fourth-order valence-electron chi connectivity index (χ4n) is 2.69. The highest BCUT2D eigenvalue weighted by Gasteiger charge is 2.43. The molecule has 4 heteroatoms. The Bertz CT molecular complexity index is 696. The zero-order valence-electron chi connectivity index (χ0n) is 12.0. The van der Waals surface area contributed by atoms with E-state index in [2.05, 4.69) is 5.32 Å². The Morgan fingerprint density at radius 1 is 1.09 bits per heavy atom. The minimum absolute atomic E-state index is 0.0325. The van der Waals surface area contributed by atoms with Crippen LogP contribution in [0.1, 0.15) is 33.8 Å². The number of hydrogen-bond donors (Lipinski definition) is 2. The summed E-state index contributed by atoms with van der Waals surface area (Å²) >= 11 is 0. The Hall–Kier alpha value is -2.62. The molecule has 1 aliphatic carbocycles. The molecule has 2 atom stereocenters. The van der Waals surface area contributed by atoms with Gasteiger partial charge in [-0.3, -0.25) is 4.79 Å². The zero-order chi connectivity index (χ0) is 15.5. The number of carbonyl (C=O) groups excluding carboxylic acids is 1. The van der Waals surface area contributed by atoms with Crippen LogP contribution in [0.4, 0.5) is 0 Å². The van der Waals surface area contributed by atoms with Gasteiger partial charge in [-0.05, 0) is 35.6 Å². The van der Waals surface area contributed by atoms with Gasteiger partial charge in [0.05, 0.1) is 5.56 Å². The van der Waals surface area contributed by atoms with Gasteiger partial charge in [0.2, 0.25) is 5.91 Å². The standard InChI is InChI=1S/C18H17NO3/c20-17(16-10-15(16)13-6-2-1-3-7-13)19-11-12-5-4-8-14(9-12)18(21)22/h1-9,15-16H,10-11H2,(H,19,20)(H,21,22)/t15-,16-/m1/s1. The van der Waals surface area contributed by atoms with Gasteiger partial charge in [-0.15, -0.1) is 0 Å². The maximum atomic E-state index is 12.2. The molecule has 1 saturated carbocycles. The minimum Gasteiger partial charge on any atom is -0.478 e. The van der Waals surface area contributed by atoms with Crippen molar-refractivity contribution in [2.24, 2.45) is 5.92 Å². The van der Waals surface area contributed by atoms with Gasteiger partial charge < -0.3 is 10.4 Å². The van der Waals surface area contributed by atoms with Crippen molar-refractivity contribution < 1.29 is 14.7 Å². The van der Waals surface area contributed by atoms with E-state index in [1.807, 2.05) is 36.4 Å². The summed E-state index contributed by atoms with van der Waals surface area (Å²) in [4.78, 5) is 23.1. The highest BCUT2D eigenvalue weighted by atomic mass is 16.4. The molecule has 0 saturated heterocycles. The van der Waals surface area contributed by atoms with Crippen LogP contribution >= 0.6 is 0 Å². The monoisotopic (exact) mass is 295 g/mol. The lowest BCUT2D eigenvalue weighted by Gasteiger charge is -2.06. The van der Waals surface area contributed by atoms with Crippen molar-refractivity contribution in [3.05, 3.63) is 71.3 Å². The van der Waals surface area contributed by atoms with E-state index in [1.165, 1.54) is 5.56 Å². The quantitative estimate of drug-likeness (QED) is 0.891. The fourth-order valence-corrected chi connectivity index (χ4v) is 2.69. The molecular formula is C18H17NO3. The van der Waals surface area contributed by atoms with E-state index in [4.69, 9.17) is 5.11 Å². The average molecular weight is 295 g/mol. The van der Waals surface area contributed by atoms with Crippen LogP contribution in [-0.2, 0) is 11.3 Å². The first-order valence-corrected chi connectivity index (χ1v) is 7.30. The first-order chi connectivity index (χ1) is 10.6. The Morgan fingerprint density at radius 3 is 2.59 bits per heavy atom. The van der Waals surface area contributed by atoms with E-state index < -0.39 is 5.97 Å². The van der Waals surface area contributed by atoms with E-state index in [1.54, 1.807) is 18.2 Å². The number of carbonyl (C=O) groups is 2. The summed E-state index contributed by atoms with van der Waals surface area (Å²) < 4.78 is 0. The number of aromatic carboxylic acids is 1. The van der Waals surface area contributed by atoms with E-state index >= 15 is 0 Å². The molecule has 4 nitrogen and oxygen atoms in total. The number of carboxylic acids is 1. The molecule has 1 fully saturated rings. The summed E-state index contributed by atoms with van der Waals surface area (Å²) in [6.07, 6.45) is 0.880. The molecule has 1 amide bonds. The lowest BCUT2D eigenvalue weighted by Crippen LogP contribution is -2.25. The van der Waals surface area contributed by atoms with Gasteiger partial charge in [-0.25, -0.2) is 4.79 Å². The van der Waals surface area contributed by atoms with E-state index in [0.29, 0.717) is 12.5 Å². The second-order valence-corrected chi connectivity index (χ2v) is 5.58. The second kappa shape index (κ2) is 6.02. The predicted octanol–water partition coefficient (Wildman–Crippen LogP) is 2.80. The first-order valence-electron chi connectivity index (χ1n) is 7.30. The van der Waals surface area contributed by atoms with Crippen LogP contribution in [0, 0.1) is 5.92 Å². The number of amides is 1. The van der Waals surface area contributed by atoms with Crippen molar-refractivity contribution in [3.63, 3.8) is 0 Å². The minimum atomic E-state index is -0.959. The molecule has 0 aliphatic heterocycles. The van der Waals surface area contributed by atoms with Crippen LogP contribution in [0.15, 0.2) is 54.6 Å². The maximum Gasteiger partial charge on any atom is 0.335 e. The molecular weight excluding hydrogens is 278 g/mol. The molecule has 0 heterocycles. The maximum absolute atomic E-state index is 12.2. The van der Waals surface area contributed by atoms with Crippen molar-refractivity contribution in [2.75, 3.05) is 0 Å². The third kappa shape index (κ3) is 3.17. The summed E-state index contributed by atoms with van der Waals surface area (Å²) in [7, 11) is 0. The highest BCUT2D eigenvalue weighted by Crippen LogP contribution is 2.47. The molecule has 0 aromatic heterocycles. The summed E-state index contributed by atoms with van der Waals surface area (Å²) in [6.45, 7) is 0.359. The van der Waals surface area contributed by atoms with Gasteiger partial charge in [-0.1, -0.05) is 42.5 Å². The van der Waals surface area contributed by atoms with Gasteiger partial charge in [0.25, 0.3) is 0 Å². The normalized spacial score (nSPS) is 19.5. The third-order valence-corrected chi connectivity index (χ3v) is 4.00. The summed E-state index contributed by atoms with van der Waals surface area (Å²) in [5.74, 6) is -0.578. The van der Waals surface area contributed by atoms with Crippen LogP contribution in [0.2, 0.25) is 0 Å². The first kappa shape index (κ1) is 14.3.